The van der Waals surface area contributed by atoms with Crippen molar-refractivity contribution in [2.24, 2.45) is 0 Å². The first-order chi connectivity index (χ1) is 14.8. The fourth-order valence-corrected chi connectivity index (χ4v) is 4.39. The maximum atomic E-state index is 12.6. The van der Waals surface area contributed by atoms with E-state index in [1.54, 1.807) is 42.5 Å². The third kappa shape index (κ3) is 5.71. The first-order valence-electron chi connectivity index (χ1n) is 8.89. The lowest BCUT2D eigenvalue weighted by Gasteiger charge is -2.13. The molecule has 0 saturated carbocycles. The van der Waals surface area contributed by atoms with Crippen molar-refractivity contribution in [1.29, 1.82) is 0 Å². The SMILES string of the molecule is COC(=O)CN1C(=O)/C(=C/c2ccc(OCc3ccc(Cl)cc3Cl)c(OC)c2)SC1=S. The Balaban J connectivity index is 1.76. The van der Waals surface area contributed by atoms with Crippen molar-refractivity contribution in [1.82, 2.24) is 4.90 Å². The minimum atomic E-state index is -0.540. The number of halogens is 2. The van der Waals surface area contributed by atoms with Crippen LogP contribution in [0.2, 0.25) is 10.0 Å². The average Bonchev–Trinajstić information content (AvgIpc) is 3.00. The van der Waals surface area contributed by atoms with Gasteiger partial charge in [-0.15, -0.1) is 0 Å². The van der Waals surface area contributed by atoms with Crippen LogP contribution in [0.25, 0.3) is 6.08 Å². The Hall–Kier alpha value is -2.26. The van der Waals surface area contributed by atoms with Crippen molar-refractivity contribution in [2.45, 2.75) is 6.61 Å². The lowest BCUT2D eigenvalue weighted by Crippen LogP contribution is -2.33. The second-order valence-electron chi connectivity index (χ2n) is 6.28. The number of thiocarbonyl (C=S) groups is 1. The maximum absolute atomic E-state index is 12.6. The molecule has 0 atom stereocenters. The van der Waals surface area contributed by atoms with E-state index in [0.29, 0.717) is 36.3 Å². The monoisotopic (exact) mass is 497 g/mol. The molecule has 1 amide bonds. The van der Waals surface area contributed by atoms with Crippen molar-refractivity contribution < 1.29 is 23.8 Å². The van der Waals surface area contributed by atoms with Gasteiger partial charge in [-0.2, -0.15) is 0 Å². The van der Waals surface area contributed by atoms with Crippen LogP contribution in [0.3, 0.4) is 0 Å². The Morgan fingerprint density at radius 3 is 2.61 bits per heavy atom. The van der Waals surface area contributed by atoms with Crippen LogP contribution in [0.5, 0.6) is 11.5 Å². The number of esters is 1. The number of rotatable bonds is 7. The minimum Gasteiger partial charge on any atom is -0.493 e. The Bertz CT molecular complexity index is 1070. The summed E-state index contributed by atoms with van der Waals surface area (Å²) in [6.07, 6.45) is 1.68. The summed E-state index contributed by atoms with van der Waals surface area (Å²) < 4.78 is 16.2. The Morgan fingerprint density at radius 1 is 1.16 bits per heavy atom. The number of methoxy groups -OCH3 is 2. The molecule has 0 aromatic heterocycles. The maximum Gasteiger partial charge on any atom is 0.325 e. The van der Waals surface area contributed by atoms with Crippen molar-refractivity contribution in [3.63, 3.8) is 0 Å². The molecular formula is C21H17Cl2NO5S2. The van der Waals surface area contributed by atoms with Gasteiger partial charge in [0.15, 0.2) is 11.5 Å². The molecule has 0 N–H and O–H groups in total. The standard InChI is InChI=1S/C21H17Cl2NO5S2/c1-27-17-7-12(8-18-20(26)24(21(30)31-18)10-19(25)28-2)3-6-16(17)29-11-13-4-5-14(22)9-15(13)23/h3-9H,10-11H2,1-2H3/b18-8-. The smallest absolute Gasteiger partial charge is 0.325 e. The highest BCUT2D eigenvalue weighted by Crippen LogP contribution is 2.35. The van der Waals surface area contributed by atoms with Gasteiger partial charge in [0.1, 0.15) is 17.5 Å². The van der Waals surface area contributed by atoms with Crippen molar-refractivity contribution >= 4 is 69.5 Å². The van der Waals surface area contributed by atoms with Gasteiger partial charge in [0.05, 0.1) is 19.1 Å². The molecule has 1 fully saturated rings. The minimum absolute atomic E-state index is 0.220. The molecule has 1 aliphatic heterocycles. The van der Waals surface area contributed by atoms with Crippen LogP contribution in [0.1, 0.15) is 11.1 Å². The summed E-state index contributed by atoms with van der Waals surface area (Å²) in [6, 6.07) is 10.5. The summed E-state index contributed by atoms with van der Waals surface area (Å²) in [4.78, 5) is 25.7. The Labute approximate surface area is 199 Å². The van der Waals surface area contributed by atoms with Gasteiger partial charge in [0, 0.05) is 15.6 Å². The van der Waals surface area contributed by atoms with Gasteiger partial charge in [-0.25, -0.2) is 0 Å². The van der Waals surface area contributed by atoms with Crippen LogP contribution >= 0.6 is 47.2 Å². The predicted octanol–water partition coefficient (Wildman–Crippen LogP) is 4.96. The van der Waals surface area contributed by atoms with Gasteiger partial charge in [-0.1, -0.05) is 59.3 Å². The number of benzene rings is 2. The van der Waals surface area contributed by atoms with Gasteiger partial charge in [0.2, 0.25) is 0 Å². The molecule has 3 rings (SSSR count). The molecule has 31 heavy (non-hydrogen) atoms. The normalized spacial score (nSPS) is 14.8. The highest BCUT2D eigenvalue weighted by molar-refractivity contribution is 8.26. The third-order valence-electron chi connectivity index (χ3n) is 4.27. The zero-order chi connectivity index (χ0) is 22.5. The molecule has 1 saturated heterocycles. The summed E-state index contributed by atoms with van der Waals surface area (Å²) in [5.74, 6) is 0.117. The zero-order valence-corrected chi connectivity index (χ0v) is 19.7. The van der Waals surface area contributed by atoms with E-state index in [1.165, 1.54) is 19.1 Å². The van der Waals surface area contributed by atoms with E-state index < -0.39 is 5.97 Å². The van der Waals surface area contributed by atoms with Crippen LogP contribution in [0.15, 0.2) is 41.3 Å². The molecule has 10 heteroatoms. The number of hydrogen-bond acceptors (Lipinski definition) is 7. The molecule has 0 spiro atoms. The van der Waals surface area contributed by atoms with Crippen molar-refractivity contribution in [3.8, 4) is 11.5 Å². The summed E-state index contributed by atoms with van der Waals surface area (Å²) in [5, 5.41) is 1.06. The van der Waals surface area contributed by atoms with E-state index >= 15 is 0 Å². The molecule has 2 aromatic carbocycles. The molecule has 162 valence electrons. The van der Waals surface area contributed by atoms with E-state index in [4.69, 9.17) is 44.9 Å². The van der Waals surface area contributed by atoms with Crippen molar-refractivity contribution in [3.05, 3.63) is 62.5 Å². The number of amides is 1. The molecule has 1 heterocycles. The van der Waals surface area contributed by atoms with E-state index in [0.717, 1.165) is 17.3 Å². The molecule has 6 nitrogen and oxygen atoms in total. The quantitative estimate of drug-likeness (QED) is 0.304. The fourth-order valence-electron chi connectivity index (χ4n) is 2.67. The van der Waals surface area contributed by atoms with E-state index in [-0.39, 0.29) is 19.1 Å². The lowest BCUT2D eigenvalue weighted by molar-refractivity contribution is -0.143. The molecule has 1 aliphatic rings. The number of carbonyl (C=O) groups is 2. The second-order valence-corrected chi connectivity index (χ2v) is 8.80. The highest BCUT2D eigenvalue weighted by Gasteiger charge is 2.33. The average molecular weight is 498 g/mol. The van der Waals surface area contributed by atoms with Gasteiger partial charge in [-0.3, -0.25) is 14.5 Å². The molecule has 0 aliphatic carbocycles. The van der Waals surface area contributed by atoms with E-state index in [1.807, 2.05) is 0 Å². The van der Waals surface area contributed by atoms with E-state index in [9.17, 15) is 9.59 Å². The van der Waals surface area contributed by atoms with Gasteiger partial charge in [-0.05, 0) is 35.9 Å². The summed E-state index contributed by atoms with van der Waals surface area (Å²) >= 11 is 18.4. The number of ether oxygens (including phenoxy) is 3. The molecule has 0 bridgehead atoms. The molecular weight excluding hydrogens is 481 g/mol. The highest BCUT2D eigenvalue weighted by atomic mass is 35.5. The lowest BCUT2D eigenvalue weighted by atomic mass is 10.1. The zero-order valence-electron chi connectivity index (χ0n) is 16.5. The van der Waals surface area contributed by atoms with Gasteiger partial charge >= 0.3 is 5.97 Å². The number of hydrogen-bond donors (Lipinski definition) is 0. The van der Waals surface area contributed by atoms with Crippen LogP contribution in [0, 0.1) is 0 Å². The predicted molar refractivity (Wildman–Crippen MR) is 126 cm³/mol. The number of carbonyl (C=O) groups excluding carboxylic acids is 2. The van der Waals surface area contributed by atoms with Crippen molar-refractivity contribution in [2.75, 3.05) is 20.8 Å². The summed E-state index contributed by atoms with van der Waals surface area (Å²) in [6.45, 7) is 0.0136. The van der Waals surface area contributed by atoms with Crippen LogP contribution < -0.4 is 9.47 Å². The first-order valence-corrected chi connectivity index (χ1v) is 10.9. The summed E-state index contributed by atoms with van der Waals surface area (Å²) in [7, 11) is 2.78. The molecule has 2 aromatic rings. The Morgan fingerprint density at radius 2 is 1.94 bits per heavy atom. The molecule has 0 unspecified atom stereocenters. The Kier molecular flexibility index (Phi) is 7.83. The summed E-state index contributed by atoms with van der Waals surface area (Å²) in [5.41, 5.74) is 1.50. The largest absolute Gasteiger partial charge is 0.493 e. The topological polar surface area (TPSA) is 65.1 Å². The van der Waals surface area contributed by atoms with Crippen LogP contribution in [-0.4, -0.2) is 41.9 Å². The van der Waals surface area contributed by atoms with E-state index in [2.05, 4.69) is 4.74 Å². The number of nitrogens with zero attached hydrogens (tertiary/aromatic N) is 1. The fraction of sp³-hybridized carbons (Fsp3) is 0.190. The van der Waals surface area contributed by atoms with Gasteiger partial charge < -0.3 is 14.2 Å². The molecule has 0 radical (unpaired) electrons. The number of thioether (sulfide) groups is 1. The second kappa shape index (κ2) is 10.4. The van der Waals surface area contributed by atoms with Gasteiger partial charge in [0.25, 0.3) is 5.91 Å². The third-order valence-corrected chi connectivity index (χ3v) is 6.24. The first kappa shape index (κ1) is 23.4. The van der Waals surface area contributed by atoms with Crippen LogP contribution in [0.4, 0.5) is 0 Å². The van der Waals surface area contributed by atoms with Crippen LogP contribution in [-0.2, 0) is 20.9 Å².